The molecule has 5 heteroatoms. The number of fused-ring (bicyclic) bond motifs is 2. The number of nitrogens with one attached hydrogen (secondary N) is 1. The summed E-state index contributed by atoms with van der Waals surface area (Å²) in [6.45, 7) is 2.39. The highest BCUT2D eigenvalue weighted by atomic mass is 16.5. The van der Waals surface area contributed by atoms with Crippen LogP contribution in [0.15, 0.2) is 0 Å². The molecule has 0 aromatic heterocycles. The summed E-state index contributed by atoms with van der Waals surface area (Å²) in [6, 6.07) is 0. The van der Waals surface area contributed by atoms with Gasteiger partial charge in [-0.05, 0) is 38.6 Å². The van der Waals surface area contributed by atoms with E-state index in [1.54, 1.807) is 7.05 Å². The molecule has 2 bridgehead atoms. The molecule has 0 amide bonds. The molecule has 3 fully saturated rings. The fourth-order valence-electron chi connectivity index (χ4n) is 3.52. The predicted octanol–water partition coefficient (Wildman–Crippen LogP) is 0.302. The van der Waals surface area contributed by atoms with Crippen LogP contribution >= 0.6 is 0 Å². The molecule has 3 rings (SSSR count). The number of carbonyl (C=O) groups is 1. The van der Waals surface area contributed by atoms with Gasteiger partial charge < -0.3 is 15.2 Å². The first-order valence-electron chi connectivity index (χ1n) is 6.94. The van der Waals surface area contributed by atoms with Crippen molar-refractivity contribution in [3.8, 4) is 0 Å². The summed E-state index contributed by atoms with van der Waals surface area (Å²) < 4.78 is 5.80. The molecule has 2 heterocycles. The van der Waals surface area contributed by atoms with Crippen LogP contribution in [-0.2, 0) is 9.53 Å². The number of carboxylic acids is 1. The summed E-state index contributed by atoms with van der Waals surface area (Å²) in [6.07, 6.45) is 4.97. The van der Waals surface area contributed by atoms with Crippen LogP contribution in [-0.4, -0.2) is 60.4 Å². The molecule has 2 N–H and O–H groups in total. The summed E-state index contributed by atoms with van der Waals surface area (Å²) in [5.41, 5.74) is -0.753. The third kappa shape index (κ3) is 2.04. The van der Waals surface area contributed by atoms with Crippen molar-refractivity contribution in [2.24, 2.45) is 5.92 Å². The van der Waals surface area contributed by atoms with Gasteiger partial charge in [-0.3, -0.25) is 9.69 Å². The van der Waals surface area contributed by atoms with Crippen molar-refractivity contribution in [1.82, 2.24) is 10.2 Å². The summed E-state index contributed by atoms with van der Waals surface area (Å²) in [5.74, 6) is -0.410. The predicted molar refractivity (Wildman–Crippen MR) is 66.5 cm³/mol. The number of carboxylic acid groups (broad SMARTS) is 1. The monoisotopic (exact) mass is 254 g/mol. The Labute approximate surface area is 107 Å². The van der Waals surface area contributed by atoms with Crippen LogP contribution in [0.5, 0.6) is 0 Å². The Balaban J connectivity index is 1.70. The number of ether oxygens (including phenoxy) is 1. The molecule has 3 atom stereocenters. The largest absolute Gasteiger partial charge is 0.480 e. The van der Waals surface area contributed by atoms with Crippen LogP contribution in [0.25, 0.3) is 0 Å². The van der Waals surface area contributed by atoms with Gasteiger partial charge in [-0.25, -0.2) is 0 Å². The lowest BCUT2D eigenvalue weighted by Gasteiger charge is -2.39. The number of morpholine rings is 1. The van der Waals surface area contributed by atoms with E-state index in [9.17, 15) is 9.90 Å². The summed E-state index contributed by atoms with van der Waals surface area (Å²) in [5, 5.41) is 12.7. The molecular formula is C13H22N2O3. The van der Waals surface area contributed by atoms with Crippen LogP contribution < -0.4 is 5.32 Å². The second-order valence-electron chi connectivity index (χ2n) is 5.95. The molecule has 3 aliphatic rings. The fraction of sp³-hybridized carbons (Fsp3) is 0.923. The zero-order valence-electron chi connectivity index (χ0n) is 10.9. The molecule has 5 nitrogen and oxygen atoms in total. The highest BCUT2D eigenvalue weighted by molar-refractivity contribution is 5.80. The minimum atomic E-state index is -0.753. The van der Waals surface area contributed by atoms with Crippen LogP contribution in [0, 0.1) is 5.92 Å². The molecule has 2 saturated heterocycles. The Morgan fingerprint density at radius 3 is 2.39 bits per heavy atom. The standard InChI is InChI=1S/C13H22N2O3/c1-14-13(12(16)17,9-2-3-9)8-15-6-10-4-5-11(7-15)18-10/h9-11,14H,2-8H2,1H3,(H,16,17). The SMILES string of the molecule is CNC(CN1CC2CCC(C1)O2)(C(=O)O)C1CC1. The van der Waals surface area contributed by atoms with Gasteiger partial charge in [0.05, 0.1) is 12.2 Å². The van der Waals surface area contributed by atoms with Gasteiger partial charge >= 0.3 is 5.97 Å². The zero-order valence-corrected chi connectivity index (χ0v) is 10.9. The number of hydrogen-bond donors (Lipinski definition) is 2. The maximum atomic E-state index is 11.7. The third-order valence-electron chi connectivity index (χ3n) is 4.69. The molecule has 0 aromatic rings. The van der Waals surface area contributed by atoms with E-state index in [4.69, 9.17) is 4.74 Å². The second-order valence-corrected chi connectivity index (χ2v) is 5.95. The molecule has 1 saturated carbocycles. The maximum Gasteiger partial charge on any atom is 0.325 e. The van der Waals surface area contributed by atoms with Crippen molar-refractivity contribution in [2.45, 2.75) is 43.4 Å². The third-order valence-corrected chi connectivity index (χ3v) is 4.69. The van der Waals surface area contributed by atoms with Crippen LogP contribution in [0.1, 0.15) is 25.7 Å². The van der Waals surface area contributed by atoms with E-state index < -0.39 is 11.5 Å². The van der Waals surface area contributed by atoms with Crippen molar-refractivity contribution in [1.29, 1.82) is 0 Å². The zero-order chi connectivity index (χ0) is 12.8. The molecule has 18 heavy (non-hydrogen) atoms. The van der Waals surface area contributed by atoms with Crippen LogP contribution in [0.3, 0.4) is 0 Å². The first kappa shape index (κ1) is 12.4. The molecule has 3 unspecified atom stereocenters. The minimum Gasteiger partial charge on any atom is -0.480 e. The second kappa shape index (κ2) is 4.47. The van der Waals surface area contributed by atoms with Gasteiger partial charge in [0, 0.05) is 19.6 Å². The van der Waals surface area contributed by atoms with Gasteiger partial charge in [0.15, 0.2) is 0 Å². The highest BCUT2D eigenvalue weighted by Crippen LogP contribution is 2.41. The highest BCUT2D eigenvalue weighted by Gasteiger charge is 2.52. The molecule has 1 aliphatic carbocycles. The Morgan fingerprint density at radius 2 is 1.94 bits per heavy atom. The maximum absolute atomic E-state index is 11.7. The molecular weight excluding hydrogens is 232 g/mol. The first-order chi connectivity index (χ1) is 8.64. The summed E-state index contributed by atoms with van der Waals surface area (Å²) in [7, 11) is 1.78. The van der Waals surface area contributed by atoms with E-state index in [1.807, 2.05) is 0 Å². The Morgan fingerprint density at radius 1 is 1.33 bits per heavy atom. The summed E-state index contributed by atoms with van der Waals surface area (Å²) >= 11 is 0. The lowest BCUT2D eigenvalue weighted by atomic mass is 9.92. The van der Waals surface area contributed by atoms with Gasteiger partial charge in [0.1, 0.15) is 5.54 Å². The Kier molecular flexibility index (Phi) is 3.08. The number of likely N-dealkylation sites (tertiary alicyclic amines) is 1. The first-order valence-corrected chi connectivity index (χ1v) is 6.94. The van der Waals surface area contributed by atoms with Crippen LogP contribution in [0.2, 0.25) is 0 Å². The number of aliphatic carboxylic acids is 1. The Bertz CT molecular complexity index is 333. The van der Waals surface area contributed by atoms with Crippen LogP contribution in [0.4, 0.5) is 0 Å². The molecule has 0 spiro atoms. The smallest absolute Gasteiger partial charge is 0.325 e. The number of likely N-dealkylation sites (N-methyl/N-ethyl adjacent to an activating group) is 1. The quantitative estimate of drug-likeness (QED) is 0.739. The van der Waals surface area contributed by atoms with Crippen molar-refractivity contribution in [3.05, 3.63) is 0 Å². The minimum absolute atomic E-state index is 0.292. The number of nitrogens with zero attached hydrogens (tertiary/aromatic N) is 1. The molecule has 2 aliphatic heterocycles. The average Bonchev–Trinajstić information content (AvgIpc) is 3.13. The van der Waals surface area contributed by atoms with Gasteiger partial charge in [-0.15, -0.1) is 0 Å². The topological polar surface area (TPSA) is 61.8 Å². The lowest BCUT2D eigenvalue weighted by molar-refractivity contribution is -0.148. The molecule has 0 radical (unpaired) electrons. The Hall–Kier alpha value is -0.650. The van der Waals surface area contributed by atoms with Crippen molar-refractivity contribution in [2.75, 3.05) is 26.7 Å². The van der Waals surface area contributed by atoms with Gasteiger partial charge in [0.2, 0.25) is 0 Å². The number of hydrogen-bond acceptors (Lipinski definition) is 4. The van der Waals surface area contributed by atoms with E-state index >= 15 is 0 Å². The average molecular weight is 254 g/mol. The van der Waals surface area contributed by atoms with Gasteiger partial charge in [-0.2, -0.15) is 0 Å². The van der Waals surface area contributed by atoms with E-state index in [1.165, 1.54) is 0 Å². The van der Waals surface area contributed by atoms with Crippen molar-refractivity contribution in [3.63, 3.8) is 0 Å². The van der Waals surface area contributed by atoms with E-state index in [0.717, 1.165) is 38.8 Å². The van der Waals surface area contributed by atoms with Gasteiger partial charge in [-0.1, -0.05) is 0 Å². The van der Waals surface area contributed by atoms with Gasteiger partial charge in [0.25, 0.3) is 0 Å². The summed E-state index contributed by atoms with van der Waals surface area (Å²) in [4.78, 5) is 14.0. The molecule has 102 valence electrons. The lowest BCUT2D eigenvalue weighted by Crippen LogP contribution is -2.61. The molecule has 0 aromatic carbocycles. The van der Waals surface area contributed by atoms with Crippen molar-refractivity contribution < 1.29 is 14.6 Å². The van der Waals surface area contributed by atoms with E-state index in [2.05, 4.69) is 10.2 Å². The van der Waals surface area contributed by atoms with E-state index in [0.29, 0.717) is 24.7 Å². The fourth-order valence-corrected chi connectivity index (χ4v) is 3.52. The van der Waals surface area contributed by atoms with Crippen molar-refractivity contribution >= 4 is 5.97 Å². The van der Waals surface area contributed by atoms with E-state index in [-0.39, 0.29) is 0 Å². The normalized spacial score (nSPS) is 35.4. The number of rotatable bonds is 5.